The molecule has 1 aromatic rings. The predicted octanol–water partition coefficient (Wildman–Crippen LogP) is 0.343. The van der Waals surface area contributed by atoms with Crippen molar-refractivity contribution in [1.29, 1.82) is 0 Å². The van der Waals surface area contributed by atoms with Gasteiger partial charge in [-0.2, -0.15) is 0 Å². The molecule has 20 heavy (non-hydrogen) atoms. The minimum atomic E-state index is -0.691. The number of hydrogen-bond donors (Lipinski definition) is 3. The van der Waals surface area contributed by atoms with Crippen LogP contribution in [0.5, 0.6) is 0 Å². The maximum Gasteiger partial charge on any atom is 0.300 e. The van der Waals surface area contributed by atoms with Gasteiger partial charge in [0, 0.05) is 19.6 Å². The van der Waals surface area contributed by atoms with Crippen molar-refractivity contribution in [3.05, 3.63) is 33.1 Å². The molecule has 1 heterocycles. The first-order valence-corrected chi connectivity index (χ1v) is 6.26. The molecule has 0 aliphatic heterocycles. The zero-order valence-electron chi connectivity index (χ0n) is 10.8. The molecule has 1 atom stereocenters. The van der Waals surface area contributed by atoms with Gasteiger partial charge in [-0.05, 0) is 13.0 Å². The van der Waals surface area contributed by atoms with Gasteiger partial charge < -0.3 is 15.7 Å². The lowest BCUT2D eigenvalue weighted by atomic mass is 10.2. The predicted molar refractivity (Wildman–Crippen MR) is 72.8 cm³/mol. The van der Waals surface area contributed by atoms with E-state index in [0.717, 1.165) is 12.3 Å². The summed E-state index contributed by atoms with van der Waals surface area (Å²) in [6.45, 7) is 2.73. The van der Waals surface area contributed by atoms with Crippen LogP contribution in [0.1, 0.15) is 17.3 Å². The monoisotopic (exact) mass is 302 g/mol. The number of nitrogens with one attached hydrogen (secondary N) is 2. The fourth-order valence-corrected chi connectivity index (χ4v) is 1.58. The Bertz CT molecular complexity index is 495. The first-order chi connectivity index (χ1) is 9.41. The summed E-state index contributed by atoms with van der Waals surface area (Å²) >= 11 is 5.63. The number of carbonyl (C=O) groups excluding carboxylic acids is 1. The summed E-state index contributed by atoms with van der Waals surface area (Å²) in [5.41, 5.74) is -0.533. The van der Waals surface area contributed by atoms with Crippen LogP contribution in [0.3, 0.4) is 0 Å². The molecule has 0 spiro atoms. The molecule has 0 bridgehead atoms. The van der Waals surface area contributed by atoms with Gasteiger partial charge in [-0.15, -0.1) is 0 Å². The summed E-state index contributed by atoms with van der Waals surface area (Å²) in [7, 11) is 0. The third kappa shape index (κ3) is 5.08. The topological polar surface area (TPSA) is 117 Å². The number of carbonyl (C=O) groups is 1. The summed E-state index contributed by atoms with van der Waals surface area (Å²) in [6, 6.07) is 1.15. The van der Waals surface area contributed by atoms with Gasteiger partial charge in [0.2, 0.25) is 0 Å². The molecule has 0 saturated heterocycles. The maximum atomic E-state index is 11.8. The molecule has 1 aromatic heterocycles. The first kappa shape index (κ1) is 16.3. The van der Waals surface area contributed by atoms with E-state index in [-0.39, 0.29) is 17.3 Å². The molecular weight excluding hydrogens is 288 g/mol. The highest BCUT2D eigenvalue weighted by Crippen LogP contribution is 2.19. The van der Waals surface area contributed by atoms with Crippen molar-refractivity contribution in [1.82, 2.24) is 15.6 Å². The Balaban J connectivity index is 2.59. The fraction of sp³-hybridized carbons (Fsp3) is 0.455. The normalized spacial score (nSPS) is 11.9. The van der Waals surface area contributed by atoms with E-state index < -0.39 is 22.6 Å². The van der Waals surface area contributed by atoms with Crippen molar-refractivity contribution < 1.29 is 14.8 Å². The molecule has 1 amide bonds. The molecule has 0 aliphatic rings. The van der Waals surface area contributed by atoms with Crippen molar-refractivity contribution in [3.8, 4) is 0 Å². The number of nitro groups is 1. The Morgan fingerprint density at radius 2 is 2.30 bits per heavy atom. The van der Waals surface area contributed by atoms with Gasteiger partial charge in [0.05, 0.1) is 11.0 Å². The summed E-state index contributed by atoms with van der Waals surface area (Å²) in [5.74, 6) is -0.597. The van der Waals surface area contributed by atoms with Crippen molar-refractivity contribution in [2.24, 2.45) is 0 Å². The molecule has 0 saturated carbocycles. The molecule has 0 radical (unpaired) electrons. The van der Waals surface area contributed by atoms with Crippen LogP contribution >= 0.6 is 11.6 Å². The van der Waals surface area contributed by atoms with Gasteiger partial charge in [0.1, 0.15) is 16.9 Å². The Hall–Kier alpha value is -1.77. The smallest absolute Gasteiger partial charge is 0.300 e. The number of nitrogens with zero attached hydrogens (tertiary/aromatic N) is 2. The maximum absolute atomic E-state index is 11.8. The van der Waals surface area contributed by atoms with Crippen LogP contribution in [0.15, 0.2) is 12.3 Å². The van der Waals surface area contributed by atoms with Gasteiger partial charge in [0.15, 0.2) is 0 Å². The van der Waals surface area contributed by atoms with Gasteiger partial charge >= 0.3 is 0 Å². The average Bonchev–Trinajstić information content (AvgIpc) is 2.37. The Kier molecular flexibility index (Phi) is 6.29. The summed E-state index contributed by atoms with van der Waals surface area (Å²) < 4.78 is 0. The highest BCUT2D eigenvalue weighted by molar-refractivity contribution is 6.29. The van der Waals surface area contributed by atoms with Crippen LogP contribution in [0.4, 0.5) is 5.69 Å². The number of hydrogen-bond acceptors (Lipinski definition) is 6. The van der Waals surface area contributed by atoms with E-state index in [1.54, 1.807) is 6.92 Å². The van der Waals surface area contributed by atoms with E-state index in [1.807, 2.05) is 0 Å². The van der Waals surface area contributed by atoms with E-state index in [1.165, 1.54) is 0 Å². The number of aromatic nitrogens is 1. The number of pyridine rings is 1. The Labute approximate surface area is 120 Å². The van der Waals surface area contributed by atoms with Crippen LogP contribution in [-0.4, -0.2) is 46.7 Å². The van der Waals surface area contributed by atoms with E-state index in [4.69, 9.17) is 16.7 Å². The quantitative estimate of drug-likeness (QED) is 0.289. The lowest BCUT2D eigenvalue weighted by molar-refractivity contribution is -0.385. The lowest BCUT2D eigenvalue weighted by Crippen LogP contribution is -2.34. The minimum absolute atomic E-state index is 0.00739. The first-order valence-electron chi connectivity index (χ1n) is 5.88. The third-order valence-corrected chi connectivity index (χ3v) is 2.52. The summed E-state index contributed by atoms with van der Waals surface area (Å²) in [5, 5.41) is 25.2. The SMILES string of the molecule is CC(O)CNCCNC(=O)c1cc(Cl)ncc1[N+](=O)[O-]. The molecule has 9 heteroatoms. The third-order valence-electron chi connectivity index (χ3n) is 2.32. The second-order valence-corrected chi connectivity index (χ2v) is 4.48. The molecule has 0 aromatic carbocycles. The van der Waals surface area contributed by atoms with E-state index >= 15 is 0 Å². The molecule has 0 fully saturated rings. The number of halogens is 1. The average molecular weight is 303 g/mol. The van der Waals surface area contributed by atoms with Crippen molar-refractivity contribution in [3.63, 3.8) is 0 Å². The largest absolute Gasteiger partial charge is 0.392 e. The van der Waals surface area contributed by atoms with Crippen LogP contribution < -0.4 is 10.6 Å². The van der Waals surface area contributed by atoms with Crippen molar-refractivity contribution >= 4 is 23.2 Å². The van der Waals surface area contributed by atoms with Crippen LogP contribution in [0.2, 0.25) is 5.15 Å². The van der Waals surface area contributed by atoms with Gasteiger partial charge in [-0.1, -0.05) is 11.6 Å². The molecule has 3 N–H and O–H groups in total. The van der Waals surface area contributed by atoms with Gasteiger partial charge in [0.25, 0.3) is 11.6 Å². The molecule has 110 valence electrons. The molecule has 0 aliphatic carbocycles. The Morgan fingerprint density at radius 1 is 1.60 bits per heavy atom. The molecule has 8 nitrogen and oxygen atoms in total. The van der Waals surface area contributed by atoms with Crippen molar-refractivity contribution in [2.75, 3.05) is 19.6 Å². The van der Waals surface area contributed by atoms with Crippen LogP contribution in [-0.2, 0) is 0 Å². The standard InChI is InChI=1S/C11H15ClN4O4/c1-7(17)5-13-2-3-14-11(18)8-4-10(12)15-6-9(8)16(19)20/h4,6-7,13,17H,2-3,5H2,1H3,(H,14,18). The van der Waals surface area contributed by atoms with Gasteiger partial charge in [-0.3, -0.25) is 14.9 Å². The second kappa shape index (κ2) is 7.73. The zero-order valence-corrected chi connectivity index (χ0v) is 11.6. The Morgan fingerprint density at radius 3 is 2.90 bits per heavy atom. The highest BCUT2D eigenvalue weighted by atomic mass is 35.5. The number of amides is 1. The number of rotatable bonds is 7. The van der Waals surface area contributed by atoms with E-state index in [9.17, 15) is 14.9 Å². The van der Waals surface area contributed by atoms with Gasteiger partial charge in [-0.25, -0.2) is 4.98 Å². The summed E-state index contributed by atoms with van der Waals surface area (Å²) in [6.07, 6.45) is 0.467. The molecular formula is C11H15ClN4O4. The minimum Gasteiger partial charge on any atom is -0.392 e. The van der Waals surface area contributed by atoms with Crippen LogP contribution in [0.25, 0.3) is 0 Å². The number of aliphatic hydroxyl groups excluding tert-OH is 1. The summed E-state index contributed by atoms with van der Waals surface area (Å²) in [4.78, 5) is 25.5. The molecule has 1 unspecified atom stereocenters. The molecule has 1 rings (SSSR count). The van der Waals surface area contributed by atoms with Crippen LogP contribution in [0, 0.1) is 10.1 Å². The van der Waals surface area contributed by atoms with E-state index in [0.29, 0.717) is 13.1 Å². The number of aliphatic hydroxyl groups is 1. The fourth-order valence-electron chi connectivity index (χ4n) is 1.42. The highest BCUT2D eigenvalue weighted by Gasteiger charge is 2.20. The second-order valence-electron chi connectivity index (χ2n) is 4.09. The van der Waals surface area contributed by atoms with E-state index in [2.05, 4.69) is 15.6 Å². The van der Waals surface area contributed by atoms with Crippen molar-refractivity contribution in [2.45, 2.75) is 13.0 Å². The zero-order chi connectivity index (χ0) is 15.1. The lowest BCUT2D eigenvalue weighted by Gasteiger charge is -2.08.